The summed E-state index contributed by atoms with van der Waals surface area (Å²) < 4.78 is 0. The summed E-state index contributed by atoms with van der Waals surface area (Å²) in [7, 11) is 2.14. The predicted molar refractivity (Wildman–Crippen MR) is 88.2 cm³/mol. The van der Waals surface area contributed by atoms with Crippen molar-refractivity contribution in [3.8, 4) is 0 Å². The van der Waals surface area contributed by atoms with Crippen molar-refractivity contribution in [2.24, 2.45) is 9.98 Å². The molecule has 1 aromatic carbocycles. The fourth-order valence-corrected chi connectivity index (χ4v) is 2.91. The number of para-hydroxylation sites is 1. The summed E-state index contributed by atoms with van der Waals surface area (Å²) >= 11 is 0. The zero-order chi connectivity index (χ0) is 14.7. The molecule has 112 valence electrons. The van der Waals surface area contributed by atoms with E-state index < -0.39 is 0 Å². The number of nitrogens with zero attached hydrogens (tertiary/aromatic N) is 4. The van der Waals surface area contributed by atoms with Crippen LogP contribution in [0.3, 0.4) is 0 Å². The first-order valence-electron chi connectivity index (χ1n) is 7.93. The number of hydrogen-bond donors (Lipinski definition) is 0. The van der Waals surface area contributed by atoms with Gasteiger partial charge in [-0.05, 0) is 38.3 Å². The average molecular weight is 284 g/mol. The highest BCUT2D eigenvalue weighted by molar-refractivity contribution is 5.97. The van der Waals surface area contributed by atoms with Crippen molar-refractivity contribution in [2.45, 2.75) is 38.6 Å². The Kier molecular flexibility index (Phi) is 4.23. The van der Waals surface area contributed by atoms with Gasteiger partial charge in [0, 0.05) is 32.6 Å². The van der Waals surface area contributed by atoms with E-state index in [0.717, 1.165) is 31.2 Å². The molecule has 3 rings (SSSR count). The van der Waals surface area contributed by atoms with Crippen LogP contribution in [0.1, 0.15) is 32.6 Å². The van der Waals surface area contributed by atoms with Crippen molar-refractivity contribution in [3.63, 3.8) is 0 Å². The van der Waals surface area contributed by atoms with Crippen LogP contribution in [0.4, 0.5) is 5.69 Å². The van der Waals surface area contributed by atoms with E-state index in [1.54, 1.807) is 0 Å². The molecule has 0 aliphatic carbocycles. The molecule has 1 atom stereocenters. The van der Waals surface area contributed by atoms with E-state index in [9.17, 15) is 0 Å². The number of likely N-dealkylation sites (tertiary alicyclic amines) is 2. The molecule has 1 unspecified atom stereocenters. The van der Waals surface area contributed by atoms with Crippen molar-refractivity contribution in [1.29, 1.82) is 0 Å². The summed E-state index contributed by atoms with van der Waals surface area (Å²) in [4.78, 5) is 14.3. The molecular weight excluding hydrogens is 260 g/mol. The molecule has 0 radical (unpaired) electrons. The Balaban J connectivity index is 1.90. The lowest BCUT2D eigenvalue weighted by Crippen LogP contribution is -2.31. The standard InChI is InChI=1S/C17H24N4/c1-14-10-11-16(20(14)2)19-17(21-12-6-7-13-21)18-15-8-4-3-5-9-15/h3-5,8-9,14H,6-7,10-13H2,1-2H3. The molecule has 2 fully saturated rings. The molecule has 1 aromatic rings. The van der Waals surface area contributed by atoms with Gasteiger partial charge in [-0.15, -0.1) is 0 Å². The highest BCUT2D eigenvalue weighted by Crippen LogP contribution is 2.20. The van der Waals surface area contributed by atoms with Gasteiger partial charge in [-0.2, -0.15) is 4.99 Å². The van der Waals surface area contributed by atoms with Crippen LogP contribution in [0.5, 0.6) is 0 Å². The number of benzene rings is 1. The Morgan fingerprint density at radius 2 is 1.86 bits per heavy atom. The molecule has 0 amide bonds. The third kappa shape index (κ3) is 3.26. The SMILES string of the molecule is CC1CCC(=NC(=Nc2ccccc2)N2CCCC2)N1C. The van der Waals surface area contributed by atoms with Gasteiger partial charge < -0.3 is 9.80 Å². The summed E-state index contributed by atoms with van der Waals surface area (Å²) in [5.74, 6) is 2.05. The molecule has 0 bridgehead atoms. The lowest BCUT2D eigenvalue weighted by atomic mass is 10.2. The van der Waals surface area contributed by atoms with E-state index in [-0.39, 0.29) is 0 Å². The van der Waals surface area contributed by atoms with Crippen LogP contribution in [0.15, 0.2) is 40.3 Å². The first kappa shape index (κ1) is 14.1. The fraction of sp³-hybridized carbons (Fsp3) is 0.529. The summed E-state index contributed by atoms with van der Waals surface area (Å²) in [5, 5.41) is 0. The Hall–Kier alpha value is -1.84. The summed E-state index contributed by atoms with van der Waals surface area (Å²) in [6, 6.07) is 10.7. The van der Waals surface area contributed by atoms with E-state index >= 15 is 0 Å². The minimum atomic E-state index is 0.584. The number of guanidine groups is 1. The van der Waals surface area contributed by atoms with Crippen LogP contribution in [0.25, 0.3) is 0 Å². The molecule has 0 N–H and O–H groups in total. The monoisotopic (exact) mass is 284 g/mol. The van der Waals surface area contributed by atoms with Gasteiger partial charge in [0.05, 0.1) is 5.69 Å². The van der Waals surface area contributed by atoms with E-state index in [2.05, 4.69) is 23.8 Å². The number of hydrogen-bond acceptors (Lipinski definition) is 1. The minimum Gasteiger partial charge on any atom is -0.360 e. The van der Waals surface area contributed by atoms with E-state index in [1.165, 1.54) is 25.1 Å². The van der Waals surface area contributed by atoms with E-state index in [0.29, 0.717) is 6.04 Å². The predicted octanol–water partition coefficient (Wildman–Crippen LogP) is 3.28. The molecule has 4 nitrogen and oxygen atoms in total. The van der Waals surface area contributed by atoms with Crippen LogP contribution >= 0.6 is 0 Å². The van der Waals surface area contributed by atoms with Gasteiger partial charge in [-0.3, -0.25) is 0 Å². The Morgan fingerprint density at radius 1 is 1.14 bits per heavy atom. The Bertz CT molecular complexity index is 529. The first-order valence-corrected chi connectivity index (χ1v) is 7.93. The van der Waals surface area contributed by atoms with Crippen LogP contribution < -0.4 is 0 Å². The Labute approximate surface area is 127 Å². The van der Waals surface area contributed by atoms with E-state index in [1.807, 2.05) is 30.3 Å². The molecule has 0 spiro atoms. The topological polar surface area (TPSA) is 31.2 Å². The second kappa shape index (κ2) is 6.29. The maximum Gasteiger partial charge on any atom is 0.227 e. The van der Waals surface area contributed by atoms with Crippen molar-refractivity contribution in [2.75, 3.05) is 20.1 Å². The van der Waals surface area contributed by atoms with Crippen molar-refractivity contribution >= 4 is 17.5 Å². The zero-order valence-corrected chi connectivity index (χ0v) is 13.0. The van der Waals surface area contributed by atoms with Crippen LogP contribution in [0.2, 0.25) is 0 Å². The summed E-state index contributed by atoms with van der Waals surface area (Å²) in [5.41, 5.74) is 0.984. The third-order valence-corrected chi connectivity index (χ3v) is 4.46. The molecular formula is C17H24N4. The van der Waals surface area contributed by atoms with Gasteiger partial charge >= 0.3 is 0 Å². The maximum absolute atomic E-state index is 4.90. The van der Waals surface area contributed by atoms with Gasteiger partial charge in [-0.25, -0.2) is 4.99 Å². The second-order valence-corrected chi connectivity index (χ2v) is 5.97. The normalized spacial score (nSPS) is 25.1. The highest BCUT2D eigenvalue weighted by Gasteiger charge is 2.24. The van der Waals surface area contributed by atoms with Crippen molar-refractivity contribution in [3.05, 3.63) is 30.3 Å². The molecule has 2 aliphatic rings. The van der Waals surface area contributed by atoms with Crippen LogP contribution in [-0.2, 0) is 0 Å². The van der Waals surface area contributed by atoms with Gasteiger partial charge in [-0.1, -0.05) is 18.2 Å². The molecule has 0 aromatic heterocycles. The third-order valence-electron chi connectivity index (χ3n) is 4.46. The van der Waals surface area contributed by atoms with E-state index in [4.69, 9.17) is 9.98 Å². The molecule has 2 saturated heterocycles. The molecule has 2 heterocycles. The van der Waals surface area contributed by atoms with Crippen molar-refractivity contribution < 1.29 is 0 Å². The molecule has 0 saturated carbocycles. The maximum atomic E-state index is 4.90. The number of aliphatic imine (C=N–C) groups is 2. The summed E-state index contributed by atoms with van der Waals surface area (Å²) in [6.45, 7) is 4.40. The average Bonchev–Trinajstić information content (AvgIpc) is 3.13. The first-order chi connectivity index (χ1) is 10.2. The smallest absolute Gasteiger partial charge is 0.227 e. The lowest BCUT2D eigenvalue weighted by Gasteiger charge is -2.21. The molecule has 21 heavy (non-hydrogen) atoms. The molecule has 4 heteroatoms. The van der Waals surface area contributed by atoms with Gasteiger partial charge in [0.15, 0.2) is 0 Å². The summed E-state index contributed by atoms with van der Waals surface area (Å²) in [6.07, 6.45) is 4.73. The second-order valence-electron chi connectivity index (χ2n) is 5.97. The van der Waals surface area contributed by atoms with Gasteiger partial charge in [0.25, 0.3) is 0 Å². The van der Waals surface area contributed by atoms with Crippen molar-refractivity contribution in [1.82, 2.24) is 9.80 Å². The number of rotatable bonds is 1. The number of amidine groups is 1. The van der Waals surface area contributed by atoms with Gasteiger partial charge in [0.2, 0.25) is 5.96 Å². The minimum absolute atomic E-state index is 0.584. The van der Waals surface area contributed by atoms with Crippen LogP contribution in [0, 0.1) is 0 Å². The van der Waals surface area contributed by atoms with Crippen LogP contribution in [-0.4, -0.2) is 47.8 Å². The Morgan fingerprint density at radius 3 is 2.48 bits per heavy atom. The van der Waals surface area contributed by atoms with Gasteiger partial charge in [0.1, 0.15) is 5.84 Å². The quantitative estimate of drug-likeness (QED) is 0.585. The largest absolute Gasteiger partial charge is 0.360 e. The molecule has 2 aliphatic heterocycles. The lowest BCUT2D eigenvalue weighted by molar-refractivity contribution is 0.422. The highest BCUT2D eigenvalue weighted by atomic mass is 15.3. The fourth-order valence-electron chi connectivity index (χ4n) is 2.91. The zero-order valence-electron chi connectivity index (χ0n) is 13.0.